The first-order valence-electron chi connectivity index (χ1n) is 5.50. The number of nitro benzene ring substituents is 1. The number of non-ortho nitro benzene ring substituents is 1. The molecule has 1 aliphatic rings. The lowest BCUT2D eigenvalue weighted by molar-refractivity contribution is -0.384. The zero-order chi connectivity index (χ0) is 12.3. The average Bonchev–Trinajstić information content (AvgIpc) is 3.10. The molecule has 0 atom stereocenters. The van der Waals surface area contributed by atoms with Crippen molar-refractivity contribution in [1.29, 1.82) is 0 Å². The van der Waals surface area contributed by atoms with E-state index in [-0.39, 0.29) is 11.3 Å². The van der Waals surface area contributed by atoms with Gasteiger partial charge in [-0.05, 0) is 18.9 Å². The molecule has 4 nitrogen and oxygen atoms in total. The third-order valence-corrected chi connectivity index (χ3v) is 2.59. The summed E-state index contributed by atoms with van der Waals surface area (Å²) in [5.74, 6) is -0.446. The highest BCUT2D eigenvalue weighted by molar-refractivity contribution is 5.54. The van der Waals surface area contributed by atoms with E-state index in [0.29, 0.717) is 12.6 Å². The second kappa shape index (κ2) is 5.05. The number of hydrogen-bond acceptors (Lipinski definition) is 3. The van der Waals surface area contributed by atoms with Crippen molar-refractivity contribution in [2.75, 3.05) is 6.54 Å². The summed E-state index contributed by atoms with van der Waals surface area (Å²) >= 11 is 0. The van der Waals surface area contributed by atoms with E-state index >= 15 is 0 Å². The lowest BCUT2D eigenvalue weighted by Crippen LogP contribution is -2.15. The second-order valence-electron chi connectivity index (χ2n) is 4.05. The van der Waals surface area contributed by atoms with Crippen LogP contribution in [0, 0.1) is 15.9 Å². The Bertz CT molecular complexity index is 456. The standard InChI is InChI=1S/C12H13FN2O2/c13-12-6-5-11(15(16)17)8-9(12)2-1-7-14-10-3-4-10/h1-2,5-6,8,10,14H,3-4,7H2/b2-1+. The molecular formula is C12H13FN2O2. The molecule has 0 saturated heterocycles. The molecule has 5 heteroatoms. The lowest BCUT2D eigenvalue weighted by atomic mass is 10.1. The molecule has 1 fully saturated rings. The van der Waals surface area contributed by atoms with Gasteiger partial charge in [-0.25, -0.2) is 4.39 Å². The third kappa shape index (κ3) is 3.35. The Morgan fingerprint density at radius 3 is 2.94 bits per heavy atom. The summed E-state index contributed by atoms with van der Waals surface area (Å²) in [6, 6.07) is 4.11. The Morgan fingerprint density at radius 2 is 2.29 bits per heavy atom. The number of nitrogens with zero attached hydrogens (tertiary/aromatic N) is 1. The van der Waals surface area contributed by atoms with Crippen LogP contribution in [0.5, 0.6) is 0 Å². The minimum absolute atomic E-state index is 0.0961. The number of hydrogen-bond donors (Lipinski definition) is 1. The van der Waals surface area contributed by atoms with Crippen molar-refractivity contribution in [1.82, 2.24) is 5.32 Å². The zero-order valence-corrected chi connectivity index (χ0v) is 9.23. The van der Waals surface area contributed by atoms with Gasteiger partial charge in [-0.2, -0.15) is 0 Å². The van der Waals surface area contributed by atoms with Gasteiger partial charge in [0.05, 0.1) is 4.92 Å². The molecule has 2 rings (SSSR count). The Morgan fingerprint density at radius 1 is 1.53 bits per heavy atom. The summed E-state index contributed by atoms with van der Waals surface area (Å²) in [5, 5.41) is 13.8. The topological polar surface area (TPSA) is 55.2 Å². The molecule has 1 aromatic rings. The lowest BCUT2D eigenvalue weighted by Gasteiger charge is -1.98. The van der Waals surface area contributed by atoms with Crippen LogP contribution < -0.4 is 5.32 Å². The number of halogens is 1. The summed E-state index contributed by atoms with van der Waals surface area (Å²) in [4.78, 5) is 10.0. The maximum atomic E-state index is 13.3. The second-order valence-corrected chi connectivity index (χ2v) is 4.05. The Kier molecular flexibility index (Phi) is 3.49. The molecule has 0 bridgehead atoms. The molecule has 0 amide bonds. The fourth-order valence-electron chi connectivity index (χ4n) is 1.48. The van der Waals surface area contributed by atoms with Gasteiger partial charge in [0, 0.05) is 30.3 Å². The smallest absolute Gasteiger partial charge is 0.270 e. The first-order valence-corrected chi connectivity index (χ1v) is 5.50. The van der Waals surface area contributed by atoms with Gasteiger partial charge in [-0.3, -0.25) is 10.1 Å². The van der Waals surface area contributed by atoms with Crippen LogP contribution in [0.15, 0.2) is 24.3 Å². The SMILES string of the molecule is O=[N+]([O-])c1ccc(F)c(/C=C/CNC2CC2)c1. The highest BCUT2D eigenvalue weighted by Crippen LogP contribution is 2.19. The highest BCUT2D eigenvalue weighted by Gasteiger charge is 2.19. The molecule has 0 aliphatic heterocycles. The van der Waals surface area contributed by atoms with Crippen LogP contribution in [0.25, 0.3) is 6.08 Å². The normalized spacial score (nSPS) is 15.4. The molecular weight excluding hydrogens is 223 g/mol. The molecule has 1 saturated carbocycles. The predicted molar refractivity (Wildman–Crippen MR) is 63.1 cm³/mol. The van der Waals surface area contributed by atoms with Crippen molar-refractivity contribution in [3.8, 4) is 0 Å². The van der Waals surface area contributed by atoms with Crippen molar-refractivity contribution >= 4 is 11.8 Å². The van der Waals surface area contributed by atoms with Crippen molar-refractivity contribution in [2.45, 2.75) is 18.9 Å². The van der Waals surface area contributed by atoms with Crippen LogP contribution in [0.4, 0.5) is 10.1 Å². The molecule has 0 radical (unpaired) electrons. The monoisotopic (exact) mass is 236 g/mol. The van der Waals surface area contributed by atoms with Gasteiger partial charge in [-0.1, -0.05) is 12.2 Å². The third-order valence-electron chi connectivity index (χ3n) is 2.59. The molecule has 0 aromatic heterocycles. The van der Waals surface area contributed by atoms with Gasteiger partial charge in [0.2, 0.25) is 0 Å². The van der Waals surface area contributed by atoms with Crippen LogP contribution in [-0.4, -0.2) is 17.5 Å². The Balaban J connectivity index is 2.01. The van der Waals surface area contributed by atoms with Gasteiger partial charge >= 0.3 is 0 Å². The summed E-state index contributed by atoms with van der Waals surface area (Å²) in [6.07, 6.45) is 5.73. The van der Waals surface area contributed by atoms with Crippen molar-refractivity contribution < 1.29 is 9.31 Å². The van der Waals surface area contributed by atoms with Crippen molar-refractivity contribution in [3.05, 3.63) is 45.8 Å². The van der Waals surface area contributed by atoms with E-state index in [1.807, 2.05) is 0 Å². The molecule has 17 heavy (non-hydrogen) atoms. The van der Waals surface area contributed by atoms with E-state index in [2.05, 4.69) is 5.32 Å². The molecule has 0 spiro atoms. The van der Waals surface area contributed by atoms with Gasteiger partial charge in [0.15, 0.2) is 0 Å². The Labute approximate surface area is 98.3 Å². The van der Waals surface area contributed by atoms with Gasteiger partial charge in [0.25, 0.3) is 5.69 Å². The van der Waals surface area contributed by atoms with Crippen molar-refractivity contribution in [3.63, 3.8) is 0 Å². The molecule has 90 valence electrons. The first-order chi connectivity index (χ1) is 8.16. The number of benzene rings is 1. The summed E-state index contributed by atoms with van der Waals surface area (Å²) in [7, 11) is 0. The fraction of sp³-hybridized carbons (Fsp3) is 0.333. The first kappa shape index (κ1) is 11.7. The number of nitrogens with one attached hydrogen (secondary N) is 1. The van der Waals surface area contributed by atoms with Crippen LogP contribution in [0.2, 0.25) is 0 Å². The van der Waals surface area contributed by atoms with Crippen molar-refractivity contribution in [2.24, 2.45) is 0 Å². The fourth-order valence-corrected chi connectivity index (χ4v) is 1.48. The summed E-state index contributed by atoms with van der Waals surface area (Å²) < 4.78 is 13.3. The zero-order valence-electron chi connectivity index (χ0n) is 9.23. The van der Waals surface area contributed by atoms with Crippen LogP contribution in [-0.2, 0) is 0 Å². The molecule has 0 heterocycles. The Hall–Kier alpha value is -1.75. The predicted octanol–water partition coefficient (Wildman–Crippen LogP) is 2.50. The molecule has 1 aromatic carbocycles. The van der Waals surface area contributed by atoms with Gasteiger partial charge < -0.3 is 5.32 Å². The van der Waals surface area contributed by atoms with Crippen LogP contribution in [0.1, 0.15) is 18.4 Å². The van der Waals surface area contributed by atoms with E-state index in [1.165, 1.54) is 18.9 Å². The van der Waals surface area contributed by atoms with Crippen LogP contribution in [0.3, 0.4) is 0 Å². The minimum Gasteiger partial charge on any atom is -0.311 e. The van der Waals surface area contributed by atoms with Crippen LogP contribution >= 0.6 is 0 Å². The van der Waals surface area contributed by atoms with Gasteiger partial charge in [-0.15, -0.1) is 0 Å². The number of rotatable bonds is 5. The van der Waals surface area contributed by atoms with E-state index < -0.39 is 10.7 Å². The van der Waals surface area contributed by atoms with E-state index in [0.717, 1.165) is 12.1 Å². The molecule has 1 N–H and O–H groups in total. The quantitative estimate of drug-likeness (QED) is 0.631. The highest BCUT2D eigenvalue weighted by atomic mass is 19.1. The number of nitro groups is 1. The largest absolute Gasteiger partial charge is 0.311 e. The van der Waals surface area contributed by atoms with Gasteiger partial charge in [0.1, 0.15) is 5.82 Å². The van der Waals surface area contributed by atoms with E-state index in [9.17, 15) is 14.5 Å². The maximum Gasteiger partial charge on any atom is 0.270 e. The van der Waals surface area contributed by atoms with E-state index in [1.54, 1.807) is 12.2 Å². The summed E-state index contributed by atoms with van der Waals surface area (Å²) in [6.45, 7) is 0.660. The molecule has 0 unspecified atom stereocenters. The summed E-state index contributed by atoms with van der Waals surface area (Å²) in [5.41, 5.74) is 0.151. The average molecular weight is 236 g/mol. The maximum absolute atomic E-state index is 13.3. The van der Waals surface area contributed by atoms with E-state index in [4.69, 9.17) is 0 Å². The molecule has 1 aliphatic carbocycles. The minimum atomic E-state index is -0.529.